The first-order chi connectivity index (χ1) is 15.0. The third kappa shape index (κ3) is 4.54. The summed E-state index contributed by atoms with van der Waals surface area (Å²) < 4.78 is 32.9. The van der Waals surface area contributed by atoms with Crippen LogP contribution in [-0.4, -0.2) is 44.9 Å². The Morgan fingerprint density at radius 3 is 2.35 bits per heavy atom. The number of carbonyl (C=O) groups is 1. The molecular weight excluding hydrogens is 412 g/mol. The summed E-state index contributed by atoms with van der Waals surface area (Å²) in [4.78, 5) is 13.3. The highest BCUT2D eigenvalue weighted by Gasteiger charge is 2.28. The lowest BCUT2D eigenvalue weighted by Crippen LogP contribution is -2.40. The van der Waals surface area contributed by atoms with Crippen molar-refractivity contribution < 1.29 is 17.9 Å². The molecule has 1 heterocycles. The summed E-state index contributed by atoms with van der Waals surface area (Å²) in [5.41, 5.74) is 3.34. The molecule has 7 heteroatoms. The molecule has 1 aliphatic rings. The molecule has 31 heavy (non-hydrogen) atoms. The maximum absolute atomic E-state index is 13.1. The number of sulfonamides is 1. The average Bonchev–Trinajstić information content (AvgIpc) is 2.81. The predicted octanol–water partition coefficient (Wildman–Crippen LogP) is 3.94. The predicted molar refractivity (Wildman–Crippen MR) is 121 cm³/mol. The van der Waals surface area contributed by atoms with Crippen LogP contribution in [0.4, 0.5) is 5.69 Å². The van der Waals surface area contributed by atoms with Crippen molar-refractivity contribution in [1.82, 2.24) is 4.31 Å². The molecule has 0 spiro atoms. The summed E-state index contributed by atoms with van der Waals surface area (Å²) in [6, 6.07) is 22.0. The molecular formula is C24H24N2O4S. The number of morpholine rings is 1. The minimum Gasteiger partial charge on any atom is -0.379 e. The third-order valence-corrected chi connectivity index (χ3v) is 7.33. The number of hydrogen-bond donors (Lipinski definition) is 1. The molecule has 1 fully saturated rings. The van der Waals surface area contributed by atoms with Crippen LogP contribution < -0.4 is 5.32 Å². The first-order valence-corrected chi connectivity index (χ1v) is 11.6. The lowest BCUT2D eigenvalue weighted by Gasteiger charge is -2.26. The van der Waals surface area contributed by atoms with Gasteiger partial charge in [-0.15, -0.1) is 0 Å². The Balaban J connectivity index is 1.63. The monoisotopic (exact) mass is 436 g/mol. The molecule has 0 radical (unpaired) electrons. The van der Waals surface area contributed by atoms with E-state index < -0.39 is 10.0 Å². The van der Waals surface area contributed by atoms with E-state index in [0.29, 0.717) is 43.1 Å². The molecule has 1 amide bonds. The van der Waals surface area contributed by atoms with Crippen molar-refractivity contribution in [2.24, 2.45) is 0 Å². The van der Waals surface area contributed by atoms with E-state index in [0.717, 1.165) is 11.1 Å². The Morgan fingerprint density at radius 2 is 1.61 bits per heavy atom. The lowest BCUT2D eigenvalue weighted by molar-refractivity contribution is 0.0730. The van der Waals surface area contributed by atoms with E-state index in [9.17, 15) is 13.2 Å². The van der Waals surface area contributed by atoms with Gasteiger partial charge in [0.25, 0.3) is 5.91 Å². The Labute approximate surface area is 182 Å². The minimum atomic E-state index is -3.66. The van der Waals surface area contributed by atoms with Crippen LogP contribution in [0.15, 0.2) is 77.7 Å². The summed E-state index contributed by atoms with van der Waals surface area (Å²) in [6.45, 7) is 3.16. The van der Waals surface area contributed by atoms with Crippen LogP contribution in [0, 0.1) is 6.92 Å². The van der Waals surface area contributed by atoms with Crippen molar-refractivity contribution in [3.05, 3.63) is 83.9 Å². The van der Waals surface area contributed by atoms with Gasteiger partial charge in [0.1, 0.15) is 0 Å². The van der Waals surface area contributed by atoms with E-state index in [1.54, 1.807) is 25.1 Å². The van der Waals surface area contributed by atoms with Gasteiger partial charge in [-0.1, -0.05) is 54.6 Å². The largest absolute Gasteiger partial charge is 0.379 e. The fourth-order valence-corrected chi connectivity index (χ4v) is 5.29. The number of anilines is 1. The summed E-state index contributed by atoms with van der Waals surface area (Å²) in [7, 11) is -3.66. The summed E-state index contributed by atoms with van der Waals surface area (Å²) in [5.74, 6) is -0.293. The van der Waals surface area contributed by atoms with Gasteiger partial charge in [-0.05, 0) is 41.8 Å². The number of nitrogens with zero attached hydrogens (tertiary/aromatic N) is 1. The van der Waals surface area contributed by atoms with Crippen LogP contribution in [0.1, 0.15) is 15.9 Å². The zero-order valence-corrected chi connectivity index (χ0v) is 18.1. The van der Waals surface area contributed by atoms with Crippen LogP contribution in [0.3, 0.4) is 0 Å². The fraction of sp³-hybridized carbons (Fsp3) is 0.208. The first-order valence-electron chi connectivity index (χ1n) is 10.1. The number of hydrogen-bond acceptors (Lipinski definition) is 4. The standard InChI is InChI=1S/C24H24N2O4S/c1-18-11-12-20(17-23(18)31(28,29)26-13-15-30-16-14-26)25-24(27)22-10-6-5-9-21(22)19-7-3-2-4-8-19/h2-12,17H,13-16H2,1H3,(H,25,27). The normalized spacial score (nSPS) is 14.9. The molecule has 0 bridgehead atoms. The van der Waals surface area contributed by atoms with Gasteiger partial charge in [0.05, 0.1) is 18.1 Å². The minimum absolute atomic E-state index is 0.198. The molecule has 0 aromatic heterocycles. The van der Waals surface area contributed by atoms with Gasteiger partial charge in [-0.2, -0.15) is 4.31 Å². The Morgan fingerprint density at radius 1 is 0.935 bits per heavy atom. The SMILES string of the molecule is Cc1ccc(NC(=O)c2ccccc2-c2ccccc2)cc1S(=O)(=O)N1CCOCC1. The highest BCUT2D eigenvalue weighted by molar-refractivity contribution is 7.89. The lowest BCUT2D eigenvalue weighted by atomic mass is 9.99. The maximum atomic E-state index is 13.1. The molecule has 6 nitrogen and oxygen atoms in total. The van der Waals surface area contributed by atoms with Crippen molar-refractivity contribution >= 4 is 21.6 Å². The van der Waals surface area contributed by atoms with Gasteiger partial charge in [-0.3, -0.25) is 4.79 Å². The van der Waals surface area contributed by atoms with Crippen LogP contribution in [0.5, 0.6) is 0 Å². The number of ether oxygens (including phenoxy) is 1. The summed E-state index contributed by atoms with van der Waals surface area (Å²) in [6.07, 6.45) is 0. The third-order valence-electron chi connectivity index (χ3n) is 5.29. The molecule has 160 valence electrons. The molecule has 0 saturated carbocycles. The van der Waals surface area contributed by atoms with Crippen LogP contribution in [-0.2, 0) is 14.8 Å². The first kappa shape index (κ1) is 21.2. The van der Waals surface area contributed by atoms with E-state index in [-0.39, 0.29) is 10.8 Å². The van der Waals surface area contributed by atoms with Crippen molar-refractivity contribution in [2.75, 3.05) is 31.6 Å². The summed E-state index contributed by atoms with van der Waals surface area (Å²) in [5, 5.41) is 2.86. The molecule has 3 aromatic rings. The zero-order chi connectivity index (χ0) is 21.8. The second kappa shape index (κ2) is 9.01. The topological polar surface area (TPSA) is 75.7 Å². The molecule has 4 rings (SSSR count). The van der Waals surface area contributed by atoms with E-state index in [1.807, 2.05) is 48.5 Å². The van der Waals surface area contributed by atoms with Gasteiger partial charge in [0.15, 0.2) is 0 Å². The number of aryl methyl sites for hydroxylation is 1. The van der Waals surface area contributed by atoms with E-state index in [1.165, 1.54) is 10.4 Å². The molecule has 1 saturated heterocycles. The number of benzene rings is 3. The molecule has 0 aliphatic carbocycles. The fourth-order valence-electron chi connectivity index (χ4n) is 3.63. The molecule has 0 atom stereocenters. The number of amides is 1. The van der Waals surface area contributed by atoms with Crippen molar-refractivity contribution in [2.45, 2.75) is 11.8 Å². The highest BCUT2D eigenvalue weighted by atomic mass is 32.2. The molecule has 1 N–H and O–H groups in total. The van der Waals surface area contributed by atoms with Crippen LogP contribution >= 0.6 is 0 Å². The quantitative estimate of drug-likeness (QED) is 0.657. The van der Waals surface area contributed by atoms with Gasteiger partial charge < -0.3 is 10.1 Å². The van der Waals surface area contributed by atoms with Crippen molar-refractivity contribution in [1.29, 1.82) is 0 Å². The van der Waals surface area contributed by atoms with Gasteiger partial charge in [0.2, 0.25) is 10.0 Å². The Hall–Kier alpha value is -3.00. The second-order valence-corrected chi connectivity index (χ2v) is 9.27. The van der Waals surface area contributed by atoms with Crippen molar-refractivity contribution in [3.63, 3.8) is 0 Å². The van der Waals surface area contributed by atoms with Gasteiger partial charge in [0, 0.05) is 24.3 Å². The Bertz CT molecular complexity index is 1190. The number of carbonyl (C=O) groups excluding carboxylic acids is 1. The van der Waals surface area contributed by atoms with E-state index in [2.05, 4.69) is 5.32 Å². The van der Waals surface area contributed by atoms with Gasteiger partial charge in [-0.25, -0.2) is 8.42 Å². The molecule has 0 unspecified atom stereocenters. The van der Waals surface area contributed by atoms with Crippen LogP contribution in [0.25, 0.3) is 11.1 Å². The molecule has 1 aliphatic heterocycles. The van der Waals surface area contributed by atoms with Crippen molar-refractivity contribution in [3.8, 4) is 11.1 Å². The van der Waals surface area contributed by atoms with Gasteiger partial charge >= 0.3 is 0 Å². The van der Waals surface area contributed by atoms with E-state index in [4.69, 9.17) is 4.74 Å². The second-order valence-electron chi connectivity index (χ2n) is 7.36. The smallest absolute Gasteiger partial charge is 0.256 e. The van der Waals surface area contributed by atoms with E-state index >= 15 is 0 Å². The maximum Gasteiger partial charge on any atom is 0.256 e. The zero-order valence-electron chi connectivity index (χ0n) is 17.2. The highest BCUT2D eigenvalue weighted by Crippen LogP contribution is 2.27. The summed E-state index contributed by atoms with van der Waals surface area (Å²) >= 11 is 0. The average molecular weight is 437 g/mol. The molecule has 3 aromatic carbocycles. The Kier molecular flexibility index (Phi) is 6.18. The van der Waals surface area contributed by atoms with Crippen LogP contribution in [0.2, 0.25) is 0 Å². The number of nitrogens with one attached hydrogen (secondary N) is 1. The number of rotatable bonds is 5.